The Labute approximate surface area is 129 Å². The minimum Gasteiger partial charge on any atom is -0.493 e. The van der Waals surface area contributed by atoms with E-state index in [2.05, 4.69) is 4.72 Å². The van der Waals surface area contributed by atoms with E-state index in [-0.39, 0.29) is 17.5 Å². The van der Waals surface area contributed by atoms with Gasteiger partial charge in [-0.15, -0.1) is 0 Å². The van der Waals surface area contributed by atoms with Crippen LogP contribution in [0.3, 0.4) is 0 Å². The van der Waals surface area contributed by atoms with Crippen molar-refractivity contribution in [3.05, 3.63) is 17.9 Å². The van der Waals surface area contributed by atoms with Crippen LogP contribution >= 0.6 is 0 Å². The van der Waals surface area contributed by atoms with Gasteiger partial charge in [0.25, 0.3) is 0 Å². The molecule has 0 spiro atoms. The van der Waals surface area contributed by atoms with Crippen LogP contribution < -0.4 is 14.2 Å². The molecule has 7 heteroatoms. The second kappa shape index (κ2) is 5.70. The molecule has 0 amide bonds. The van der Waals surface area contributed by atoms with Gasteiger partial charge in [-0.3, -0.25) is 0 Å². The molecule has 0 bridgehead atoms. The van der Waals surface area contributed by atoms with Crippen molar-refractivity contribution in [1.29, 1.82) is 0 Å². The summed E-state index contributed by atoms with van der Waals surface area (Å²) < 4.78 is 52.1. The Morgan fingerprint density at radius 3 is 2.64 bits per heavy atom. The van der Waals surface area contributed by atoms with Gasteiger partial charge in [-0.25, -0.2) is 17.5 Å². The number of halogens is 1. The zero-order valence-electron chi connectivity index (χ0n) is 12.6. The second-order valence-electron chi connectivity index (χ2n) is 5.93. The van der Waals surface area contributed by atoms with E-state index in [1.807, 2.05) is 0 Å². The van der Waals surface area contributed by atoms with Crippen LogP contribution in [0.15, 0.2) is 17.0 Å². The minimum absolute atomic E-state index is 0.0997. The number of hydrogen-bond acceptors (Lipinski definition) is 4. The van der Waals surface area contributed by atoms with Crippen molar-refractivity contribution in [2.24, 2.45) is 11.8 Å². The summed E-state index contributed by atoms with van der Waals surface area (Å²) in [4.78, 5) is -0.476. The number of benzene rings is 1. The Hall–Kier alpha value is -1.34. The van der Waals surface area contributed by atoms with E-state index in [4.69, 9.17) is 9.47 Å². The van der Waals surface area contributed by atoms with Gasteiger partial charge in [-0.1, -0.05) is 12.8 Å². The van der Waals surface area contributed by atoms with Gasteiger partial charge < -0.3 is 9.47 Å². The summed E-state index contributed by atoms with van der Waals surface area (Å²) in [6.07, 6.45) is 4.18. The van der Waals surface area contributed by atoms with Gasteiger partial charge in [0.2, 0.25) is 10.0 Å². The molecular weight excluding hydrogens is 309 g/mol. The Kier molecular flexibility index (Phi) is 4.03. The average Bonchev–Trinajstić information content (AvgIpc) is 2.85. The molecule has 2 saturated carbocycles. The third-order valence-corrected chi connectivity index (χ3v) is 6.35. The van der Waals surface area contributed by atoms with E-state index >= 15 is 0 Å². The van der Waals surface area contributed by atoms with Crippen LogP contribution in [-0.4, -0.2) is 28.7 Å². The third kappa shape index (κ3) is 2.46. The van der Waals surface area contributed by atoms with Crippen LogP contribution in [-0.2, 0) is 10.0 Å². The highest BCUT2D eigenvalue weighted by molar-refractivity contribution is 7.89. The van der Waals surface area contributed by atoms with Gasteiger partial charge in [0, 0.05) is 6.04 Å². The molecule has 2 aliphatic rings. The summed E-state index contributed by atoms with van der Waals surface area (Å²) in [7, 11) is -1.31. The Bertz CT molecular complexity index is 676. The highest BCUT2D eigenvalue weighted by atomic mass is 32.2. The van der Waals surface area contributed by atoms with Gasteiger partial charge in [-0.05, 0) is 36.8 Å². The first-order chi connectivity index (χ1) is 10.5. The smallest absolute Gasteiger partial charge is 0.247 e. The maximum absolute atomic E-state index is 14.1. The molecule has 0 aromatic heterocycles. The lowest BCUT2D eigenvalue weighted by Crippen LogP contribution is -2.50. The number of methoxy groups -OCH3 is 2. The molecule has 3 atom stereocenters. The first-order valence-corrected chi connectivity index (χ1v) is 8.89. The van der Waals surface area contributed by atoms with Crippen LogP contribution in [0.1, 0.15) is 25.7 Å². The van der Waals surface area contributed by atoms with Crippen LogP contribution in [0.5, 0.6) is 11.5 Å². The van der Waals surface area contributed by atoms with Crippen molar-refractivity contribution in [3.8, 4) is 11.5 Å². The number of sulfonamides is 1. The number of hydrogen-bond donors (Lipinski definition) is 1. The number of ether oxygens (including phenoxy) is 2. The summed E-state index contributed by atoms with van der Waals surface area (Å²) in [5.74, 6) is 0.251. The monoisotopic (exact) mass is 329 g/mol. The molecule has 22 heavy (non-hydrogen) atoms. The fraction of sp³-hybridized carbons (Fsp3) is 0.600. The van der Waals surface area contributed by atoms with Crippen LogP contribution in [0.2, 0.25) is 0 Å². The predicted molar refractivity (Wildman–Crippen MR) is 79.1 cm³/mol. The molecule has 1 aromatic rings. The lowest BCUT2D eigenvalue weighted by Gasteiger charge is -2.40. The van der Waals surface area contributed by atoms with Crippen molar-refractivity contribution in [3.63, 3.8) is 0 Å². The molecule has 3 rings (SSSR count). The van der Waals surface area contributed by atoms with Crippen molar-refractivity contribution < 1.29 is 22.3 Å². The number of nitrogens with one attached hydrogen (secondary N) is 1. The molecule has 1 aromatic carbocycles. The van der Waals surface area contributed by atoms with Crippen LogP contribution in [0.25, 0.3) is 0 Å². The standard InChI is InChI=1S/C15H20FNO4S/c1-20-13-7-6-11(16)15(14(13)21-2)22(18,19)17-12-8-9-4-3-5-10(9)12/h6-7,9-10,12,17H,3-5,8H2,1-2H3. The highest BCUT2D eigenvalue weighted by Gasteiger charge is 2.46. The SMILES string of the molecule is COc1ccc(F)c(S(=O)(=O)NC2CC3CCCC32)c1OC. The van der Waals surface area contributed by atoms with Gasteiger partial charge in [0.05, 0.1) is 14.2 Å². The van der Waals surface area contributed by atoms with Gasteiger partial charge in [0.15, 0.2) is 16.4 Å². The molecule has 2 fully saturated rings. The van der Waals surface area contributed by atoms with Crippen molar-refractivity contribution in [2.45, 2.75) is 36.6 Å². The Balaban J connectivity index is 1.92. The average molecular weight is 329 g/mol. The topological polar surface area (TPSA) is 64.6 Å². The fourth-order valence-electron chi connectivity index (χ4n) is 3.71. The molecular formula is C15H20FNO4S. The molecule has 0 saturated heterocycles. The molecule has 0 aliphatic heterocycles. The predicted octanol–water partition coefficient (Wildman–Crippen LogP) is 2.31. The Morgan fingerprint density at radius 2 is 2.00 bits per heavy atom. The maximum Gasteiger partial charge on any atom is 0.247 e. The number of rotatable bonds is 5. The summed E-state index contributed by atoms with van der Waals surface area (Å²) in [6.45, 7) is 0. The van der Waals surface area contributed by atoms with E-state index in [9.17, 15) is 12.8 Å². The van der Waals surface area contributed by atoms with Crippen molar-refractivity contribution in [1.82, 2.24) is 4.72 Å². The first kappa shape index (κ1) is 15.6. The van der Waals surface area contributed by atoms with Gasteiger partial charge >= 0.3 is 0 Å². The first-order valence-electron chi connectivity index (χ1n) is 7.40. The normalized spacial score (nSPS) is 27.1. The molecule has 3 unspecified atom stereocenters. The highest BCUT2D eigenvalue weighted by Crippen LogP contribution is 2.47. The van der Waals surface area contributed by atoms with E-state index in [1.54, 1.807) is 0 Å². The molecule has 0 heterocycles. The second-order valence-corrected chi connectivity index (χ2v) is 7.58. The van der Waals surface area contributed by atoms with Gasteiger partial charge in [0.1, 0.15) is 5.82 Å². The lowest BCUT2D eigenvalue weighted by molar-refractivity contribution is 0.158. The quantitative estimate of drug-likeness (QED) is 0.900. The Morgan fingerprint density at radius 1 is 1.23 bits per heavy atom. The molecule has 1 N–H and O–H groups in total. The summed E-state index contributed by atoms with van der Waals surface area (Å²) in [5.41, 5.74) is 0. The van der Waals surface area contributed by atoms with E-state index < -0.39 is 20.7 Å². The zero-order chi connectivity index (χ0) is 15.9. The van der Waals surface area contributed by atoms with E-state index in [0.717, 1.165) is 25.3 Å². The lowest BCUT2D eigenvalue weighted by atomic mass is 9.72. The fourth-order valence-corrected chi connectivity index (χ4v) is 5.25. The molecule has 122 valence electrons. The number of fused-ring (bicyclic) bond motifs is 1. The van der Waals surface area contributed by atoms with E-state index in [1.165, 1.54) is 26.7 Å². The zero-order valence-corrected chi connectivity index (χ0v) is 13.5. The van der Waals surface area contributed by atoms with Crippen LogP contribution in [0, 0.1) is 17.7 Å². The minimum atomic E-state index is -4.00. The summed E-state index contributed by atoms with van der Waals surface area (Å²) in [5, 5.41) is 0. The van der Waals surface area contributed by atoms with Gasteiger partial charge in [-0.2, -0.15) is 0 Å². The largest absolute Gasteiger partial charge is 0.493 e. The maximum atomic E-state index is 14.1. The summed E-state index contributed by atoms with van der Waals surface area (Å²) in [6, 6.07) is 2.33. The molecule has 5 nitrogen and oxygen atoms in total. The van der Waals surface area contributed by atoms with E-state index in [0.29, 0.717) is 11.8 Å². The third-order valence-electron chi connectivity index (χ3n) is 4.82. The van der Waals surface area contributed by atoms with Crippen molar-refractivity contribution >= 4 is 10.0 Å². The van der Waals surface area contributed by atoms with Crippen LogP contribution in [0.4, 0.5) is 4.39 Å². The van der Waals surface area contributed by atoms with Crippen molar-refractivity contribution in [2.75, 3.05) is 14.2 Å². The molecule has 2 aliphatic carbocycles. The summed E-state index contributed by atoms with van der Waals surface area (Å²) >= 11 is 0. The molecule has 0 radical (unpaired) electrons.